The van der Waals surface area contributed by atoms with E-state index in [1.165, 1.54) is 85.2 Å². The molecule has 18 atom stereocenters. The Labute approximate surface area is 805 Å². The lowest BCUT2D eigenvalue weighted by Crippen LogP contribution is -2.56. The van der Waals surface area contributed by atoms with E-state index in [2.05, 4.69) is 47.7 Å². The summed E-state index contributed by atoms with van der Waals surface area (Å²) in [6, 6.07) is 4.78. The largest absolute Gasteiger partial charge is 0.508 e. The molecule has 0 radical (unpaired) electrons. The lowest BCUT2D eigenvalue weighted by molar-refractivity contribution is -0.253. The van der Waals surface area contributed by atoms with Gasteiger partial charge in [0.25, 0.3) is 5.91 Å². The van der Waals surface area contributed by atoms with Crippen LogP contribution in [0.4, 0.5) is 9.59 Å². The van der Waals surface area contributed by atoms with E-state index < -0.39 is 222 Å². The number of nitrogens with zero attached hydrogens (tertiary/aromatic N) is 2. The average Bonchev–Trinajstić information content (AvgIpc) is 0.727. The Hall–Kier alpha value is -10.3. The minimum absolute atomic E-state index is 0.00922. The number of carboxylic acids is 2. The number of carboxylic acid groups (broad SMARTS) is 2. The van der Waals surface area contributed by atoms with E-state index in [0.717, 1.165) is 58.4 Å². The third kappa shape index (κ3) is 30.9. The number of ether oxygens (including phenoxy) is 7. The van der Waals surface area contributed by atoms with Crippen LogP contribution in [0.5, 0.6) is 17.2 Å². The van der Waals surface area contributed by atoms with Crippen molar-refractivity contribution in [1.82, 2.24) is 52.6 Å². The first-order valence-electron chi connectivity index (χ1n) is 44.6. The topological polar surface area (TPSA) is 612 Å². The smallest absolute Gasteiger partial charge is 0.426 e. The highest BCUT2D eigenvalue weighted by atomic mass is 33.1. The van der Waals surface area contributed by atoms with E-state index in [1.807, 2.05) is 46.6 Å². The number of alkyl carbamates (subject to hydrolysis) is 1. The summed E-state index contributed by atoms with van der Waals surface area (Å²) in [6.07, 6.45) is -9.28. The number of phenolic OH excluding ortho intramolecular Hbond substituents is 2. The van der Waals surface area contributed by atoms with Gasteiger partial charge < -0.3 is 106 Å². The van der Waals surface area contributed by atoms with Crippen LogP contribution in [0.3, 0.4) is 0 Å². The molecule has 16 N–H and O–H groups in total. The van der Waals surface area contributed by atoms with Crippen LogP contribution in [0.2, 0.25) is 0 Å². The van der Waals surface area contributed by atoms with Gasteiger partial charge >= 0.3 is 36.1 Å². The normalized spacial score (nSPS) is 20.7. The van der Waals surface area contributed by atoms with Gasteiger partial charge in [-0.15, -0.1) is 11.3 Å². The summed E-state index contributed by atoms with van der Waals surface area (Å²) in [5, 5.41) is 103. The molecule has 8 rings (SSSR count). The zero-order valence-electron chi connectivity index (χ0n) is 77.3. The number of benzene rings is 3. The zero-order chi connectivity index (χ0) is 100. The number of aromatic hydroxyl groups is 2. The lowest BCUT2D eigenvalue weighted by atomic mass is 9.71. The molecule has 748 valence electrons. The molecule has 3 aromatic carbocycles. The van der Waals surface area contributed by atoms with Crippen LogP contribution in [0.15, 0.2) is 53.9 Å². The monoisotopic (exact) mass is 2000 g/mol. The number of esters is 2. The van der Waals surface area contributed by atoms with Crippen molar-refractivity contribution in [2.24, 2.45) is 35.5 Å². The number of hydrogen-bond donors (Lipinski definition) is 16. The number of thiazole rings is 1. The predicted octanol–water partition coefficient (Wildman–Crippen LogP) is 5.79. The Balaban J connectivity index is 0.734. The number of aromatic nitrogens is 1. The SMILES string of the molecule is CCCC(=O)OCC(C(=O)[C@@H](NC(=O)[C@H]1CCCCN1C)C(C)CC)[C@H](C[C@@H](OC(C)=O)c1nc(C(=O)N[C@@H](Cc2ccc(O)cc2)C[C@H](C)C(=O)NNC(=O)OCCSSCCC(=O)NC[C@H](C)C(=O)N[C@@H](CC(=O)O)C(=O)N[C@@H](CSSCCOC(=O)NC2CC(O[C@H]3C[C@](O)(C(=O)CO)C(O)c4cc5c(c(O)c43)C(=O)c3c(OC)cccc3C5=O)OC(C)C2O)C(=O)O)cs1)C(C)C. The zero-order valence-corrected chi connectivity index (χ0v) is 81.3. The summed E-state index contributed by atoms with van der Waals surface area (Å²) in [4.78, 5) is 220. The van der Waals surface area contributed by atoms with Crippen molar-refractivity contribution in [1.29, 1.82) is 0 Å². The van der Waals surface area contributed by atoms with Crippen LogP contribution in [-0.4, -0.2) is 282 Å². The molecule has 46 heteroatoms. The van der Waals surface area contributed by atoms with E-state index in [1.54, 1.807) is 19.1 Å². The summed E-state index contributed by atoms with van der Waals surface area (Å²) in [5.41, 5.74) is 0.542. The third-order valence-electron chi connectivity index (χ3n) is 23.8. The molecule has 1 aromatic heterocycles. The summed E-state index contributed by atoms with van der Waals surface area (Å²) in [7, 11) is 7.57. The molecule has 8 amide bonds. The van der Waals surface area contributed by atoms with Gasteiger partial charge in [0, 0.05) is 96.2 Å². The van der Waals surface area contributed by atoms with E-state index in [9.17, 15) is 113 Å². The Morgan fingerprint density at radius 3 is 2.10 bits per heavy atom. The first-order chi connectivity index (χ1) is 64.5. The van der Waals surface area contributed by atoms with Gasteiger partial charge in [-0.1, -0.05) is 129 Å². The van der Waals surface area contributed by atoms with Crippen molar-refractivity contribution in [2.75, 3.05) is 76.7 Å². The number of aliphatic carboxylic acids is 2. The number of carbonyl (C=O) groups excluding carboxylic acids is 14. The highest BCUT2D eigenvalue weighted by Crippen LogP contribution is 2.53. The second kappa shape index (κ2) is 53.0. The van der Waals surface area contributed by atoms with Crippen molar-refractivity contribution >= 4 is 149 Å². The fourth-order valence-corrected chi connectivity index (χ4v) is 20.8. The maximum Gasteiger partial charge on any atom is 0.426 e. The summed E-state index contributed by atoms with van der Waals surface area (Å²) in [6.45, 7) is 13.5. The number of likely N-dealkylation sites (tertiary alicyclic amines) is 1. The number of phenols is 2. The molecule has 0 bridgehead atoms. The van der Waals surface area contributed by atoms with Crippen molar-refractivity contribution in [3.8, 4) is 17.2 Å². The second-order valence-electron chi connectivity index (χ2n) is 34.1. The van der Waals surface area contributed by atoms with Crippen LogP contribution >= 0.6 is 54.5 Å². The molecule has 4 aliphatic rings. The first kappa shape index (κ1) is 111. The highest BCUT2D eigenvalue weighted by molar-refractivity contribution is 8.77. The van der Waals surface area contributed by atoms with E-state index in [4.69, 9.17) is 33.2 Å². The number of fused-ring (bicyclic) bond motifs is 3. The third-order valence-corrected chi connectivity index (χ3v) is 29.5. The molecule has 2 fully saturated rings. The molecule has 2 aliphatic carbocycles. The van der Waals surface area contributed by atoms with Crippen molar-refractivity contribution < 1.29 is 151 Å². The first-order valence-corrected chi connectivity index (χ1v) is 50.5. The number of nitrogens with one attached hydrogen (secondary N) is 8. The quantitative estimate of drug-likeness (QED) is 0.00720. The van der Waals surface area contributed by atoms with Gasteiger partial charge in [0.15, 0.2) is 35.3 Å². The number of hydrogen-bond acceptors (Lipinski definition) is 36. The van der Waals surface area contributed by atoms with Crippen molar-refractivity contribution in [3.05, 3.63) is 104 Å². The van der Waals surface area contributed by atoms with E-state index in [-0.39, 0.29) is 156 Å². The Bertz CT molecular complexity index is 4920. The number of piperidine rings is 1. The average molecular weight is 2000 g/mol. The standard InChI is InChI=1S/C90H122N10O31S5/c1-12-17-69(108)128-41-57(77(111)74(45(5)13-2)97-85(119)62-19-14-15-26-100(62)10)54(44(3)4)35-64(130-49(9)102)86-95-60(42-132-86)84(118)92-51(33-50-21-23-52(103)24-22-50)32-46(6)82(116)98-99-89(123)127-28-30-134-133-29-25-67(105)91-39-47(7)81(115)93-59(36-68(106)107)83(117)94-61(87(120)121)43-136-135-31-27-126-88(122)96-58-37-70(129-48(8)75(58)109)131-65-38-90(124,66(104)40-101)80(114)56-34-55-73(79(113)72(56)65)78(112)71-53(76(55)110)18-16-20-63(71)125-11/h16,18,20-24,34,42,44-48,51,54,57-59,61-62,64-65,70,74-75,80,101,103,109,113-114,124H,12-15,17,19,25-33,35-41,43H2,1-11H3,(H,91,105)(H,92,118)(H,93,115)(H,94,117)(H,96,122)(H,97,119)(H,98,116)(H,99,123)(H,106,107)(H,120,121)/t45?,46-,47-,48?,51+,54+,57?,58?,59-,61-,62+,64+,65-,70?,74-,75?,80?,90-/m0/s1. The molecule has 3 heterocycles. The minimum atomic E-state index is -2.78. The van der Waals surface area contributed by atoms with Crippen LogP contribution in [0, 0.1) is 35.5 Å². The number of rotatable bonds is 51. The summed E-state index contributed by atoms with van der Waals surface area (Å²) >= 11 is 1.04. The molecule has 0 spiro atoms. The summed E-state index contributed by atoms with van der Waals surface area (Å²) < 4.78 is 39.7. The molecule has 7 unspecified atom stereocenters. The lowest BCUT2D eigenvalue weighted by Gasteiger charge is -2.44. The summed E-state index contributed by atoms with van der Waals surface area (Å²) in [5.74, 6) is -16.2. The number of likely N-dealkylation sites (N-methyl/N-ethyl adjacent to an activating group) is 1. The maximum atomic E-state index is 15.1. The number of hydrazine groups is 1. The number of Topliss-reactive ketones (excluding diaryl/α,β-unsaturated/α-hetero) is 2. The van der Waals surface area contributed by atoms with Crippen molar-refractivity contribution in [3.63, 3.8) is 0 Å². The molecule has 2 aliphatic heterocycles. The van der Waals surface area contributed by atoms with Crippen LogP contribution in [-0.2, 0) is 87.6 Å². The molecule has 41 nitrogen and oxygen atoms in total. The van der Waals surface area contributed by atoms with Gasteiger partial charge in [-0.3, -0.25) is 72.7 Å². The van der Waals surface area contributed by atoms with Gasteiger partial charge in [0.1, 0.15) is 78.7 Å². The van der Waals surface area contributed by atoms with E-state index in [0.29, 0.717) is 24.8 Å². The van der Waals surface area contributed by atoms with Gasteiger partial charge in [-0.05, 0) is 112 Å². The van der Waals surface area contributed by atoms with Gasteiger partial charge in [-0.25, -0.2) is 24.8 Å². The van der Waals surface area contributed by atoms with Crippen molar-refractivity contribution in [2.45, 2.75) is 224 Å². The fourth-order valence-electron chi connectivity index (χ4n) is 16.1. The molecule has 136 heavy (non-hydrogen) atoms. The van der Waals surface area contributed by atoms with Gasteiger partial charge in [0.05, 0.1) is 66.8 Å². The van der Waals surface area contributed by atoms with Crippen LogP contribution in [0.25, 0.3) is 0 Å². The molecular formula is C90H122N10O31S5. The van der Waals surface area contributed by atoms with Gasteiger partial charge in [0.2, 0.25) is 35.3 Å². The fraction of sp³-hybridized carbons (Fsp3) is 0.589. The number of methoxy groups -OCH3 is 1. The maximum absolute atomic E-state index is 15.1. The second-order valence-corrected chi connectivity index (χ2v) is 40.3. The number of ketones is 4. The van der Waals surface area contributed by atoms with Gasteiger partial charge in [-0.2, -0.15) is 0 Å². The number of amides is 8. The molecule has 0 saturated carbocycles. The molecule has 4 aromatic rings. The predicted molar refractivity (Wildman–Crippen MR) is 497 cm³/mol. The Kier molecular flexibility index (Phi) is 43.3. The number of carbonyl (C=O) groups is 16. The number of aliphatic hydroxyl groups excluding tert-OH is 3. The van der Waals surface area contributed by atoms with Crippen LogP contribution in [0.1, 0.15) is 222 Å². The number of aliphatic hydroxyl groups is 4. The molecular weight excluding hydrogens is 1880 g/mol. The highest BCUT2D eigenvalue weighted by Gasteiger charge is 2.54. The van der Waals surface area contributed by atoms with Crippen LogP contribution < -0.4 is 47.5 Å². The van der Waals surface area contributed by atoms with E-state index >= 15 is 4.79 Å². The Morgan fingerprint density at radius 1 is 0.765 bits per heavy atom. The molecule has 2 saturated heterocycles. The Morgan fingerprint density at radius 2 is 1.45 bits per heavy atom. The minimum Gasteiger partial charge on any atom is -0.508 e.